The number of halogens is 1. The van der Waals surface area contributed by atoms with E-state index in [2.05, 4.69) is 10.2 Å². The van der Waals surface area contributed by atoms with Crippen molar-refractivity contribution in [3.63, 3.8) is 0 Å². The topological polar surface area (TPSA) is 55.3 Å². The van der Waals surface area contributed by atoms with E-state index in [4.69, 9.17) is 16.3 Å². The van der Waals surface area contributed by atoms with E-state index in [1.807, 2.05) is 31.2 Å². The molecule has 0 saturated carbocycles. The molecule has 0 aliphatic carbocycles. The average Bonchev–Trinajstić information content (AvgIpc) is 2.49. The van der Waals surface area contributed by atoms with Crippen molar-refractivity contribution in [1.29, 1.82) is 0 Å². The zero-order chi connectivity index (χ0) is 15.2. The maximum Gasteiger partial charge on any atom is 0.274 e. The van der Waals surface area contributed by atoms with Crippen LogP contribution in [0.1, 0.15) is 23.0 Å². The molecule has 5 nitrogen and oxygen atoms in total. The van der Waals surface area contributed by atoms with Crippen molar-refractivity contribution in [1.82, 2.24) is 15.1 Å². The second-order valence-electron chi connectivity index (χ2n) is 4.48. The van der Waals surface area contributed by atoms with Gasteiger partial charge in [0.1, 0.15) is 5.75 Å². The molecule has 1 aromatic carbocycles. The van der Waals surface area contributed by atoms with Gasteiger partial charge in [-0.25, -0.2) is 0 Å². The number of nitrogens with zero attached hydrogens (tertiary/aromatic N) is 3. The third-order valence-electron chi connectivity index (χ3n) is 2.85. The number of rotatable bonds is 5. The van der Waals surface area contributed by atoms with Crippen LogP contribution < -0.4 is 4.74 Å². The summed E-state index contributed by atoms with van der Waals surface area (Å²) >= 11 is 5.66. The lowest BCUT2D eigenvalue weighted by Gasteiger charge is -2.16. The van der Waals surface area contributed by atoms with E-state index in [-0.39, 0.29) is 16.8 Å². The predicted molar refractivity (Wildman–Crippen MR) is 80.5 cm³/mol. The minimum absolute atomic E-state index is 0.201. The fraction of sp³-hybridized carbons (Fsp3) is 0.267. The van der Waals surface area contributed by atoms with Crippen molar-refractivity contribution in [2.75, 3.05) is 13.7 Å². The Morgan fingerprint density at radius 1 is 1.19 bits per heavy atom. The first-order chi connectivity index (χ1) is 10.1. The fourth-order valence-electron chi connectivity index (χ4n) is 1.83. The molecule has 21 heavy (non-hydrogen) atoms. The SMILES string of the molecule is CCOc1ccc(CN(C)C(=O)c2ccc(Cl)nn2)cc1. The van der Waals surface area contributed by atoms with Gasteiger partial charge in [0.05, 0.1) is 6.61 Å². The molecule has 0 radical (unpaired) electrons. The van der Waals surface area contributed by atoms with E-state index in [1.165, 1.54) is 0 Å². The Morgan fingerprint density at radius 3 is 2.48 bits per heavy atom. The largest absolute Gasteiger partial charge is 0.494 e. The van der Waals surface area contributed by atoms with Crippen molar-refractivity contribution in [3.8, 4) is 5.75 Å². The van der Waals surface area contributed by atoms with E-state index < -0.39 is 0 Å². The number of ether oxygens (including phenoxy) is 1. The minimum Gasteiger partial charge on any atom is -0.494 e. The van der Waals surface area contributed by atoms with Gasteiger partial charge < -0.3 is 9.64 Å². The molecule has 0 fully saturated rings. The van der Waals surface area contributed by atoms with E-state index in [0.717, 1.165) is 11.3 Å². The van der Waals surface area contributed by atoms with Gasteiger partial charge in [0.2, 0.25) is 0 Å². The zero-order valence-electron chi connectivity index (χ0n) is 11.9. The van der Waals surface area contributed by atoms with Crippen LogP contribution in [-0.2, 0) is 6.54 Å². The number of benzene rings is 1. The molecule has 0 bridgehead atoms. The lowest BCUT2D eigenvalue weighted by Crippen LogP contribution is -2.27. The van der Waals surface area contributed by atoms with Crippen LogP contribution in [0.4, 0.5) is 0 Å². The molecule has 0 saturated heterocycles. The quantitative estimate of drug-likeness (QED) is 0.852. The molecule has 110 valence electrons. The van der Waals surface area contributed by atoms with Crippen LogP contribution in [0.5, 0.6) is 5.75 Å². The molecular weight excluding hydrogens is 290 g/mol. The number of carbonyl (C=O) groups is 1. The van der Waals surface area contributed by atoms with Crippen molar-refractivity contribution in [3.05, 3.63) is 52.8 Å². The van der Waals surface area contributed by atoms with Gasteiger partial charge in [-0.3, -0.25) is 4.79 Å². The minimum atomic E-state index is -0.201. The Bertz CT molecular complexity index is 599. The summed E-state index contributed by atoms with van der Waals surface area (Å²) in [7, 11) is 1.72. The highest BCUT2D eigenvalue weighted by molar-refractivity contribution is 6.29. The summed E-state index contributed by atoms with van der Waals surface area (Å²) < 4.78 is 5.38. The normalized spacial score (nSPS) is 10.2. The molecule has 1 aromatic heterocycles. The molecule has 0 aliphatic rings. The van der Waals surface area contributed by atoms with Gasteiger partial charge in [0, 0.05) is 13.6 Å². The Balaban J connectivity index is 2.01. The summed E-state index contributed by atoms with van der Waals surface area (Å²) in [5, 5.41) is 7.72. The third kappa shape index (κ3) is 4.16. The van der Waals surface area contributed by atoms with E-state index >= 15 is 0 Å². The third-order valence-corrected chi connectivity index (χ3v) is 3.05. The number of carbonyl (C=O) groups excluding carboxylic acids is 1. The zero-order valence-corrected chi connectivity index (χ0v) is 12.7. The predicted octanol–water partition coefficient (Wildman–Crippen LogP) is 2.80. The Hall–Kier alpha value is -2.14. The summed E-state index contributed by atoms with van der Waals surface area (Å²) in [5.41, 5.74) is 1.28. The molecule has 1 heterocycles. The number of aromatic nitrogens is 2. The van der Waals surface area contributed by atoms with Gasteiger partial charge in [-0.05, 0) is 36.8 Å². The highest BCUT2D eigenvalue weighted by atomic mass is 35.5. The second-order valence-corrected chi connectivity index (χ2v) is 4.87. The van der Waals surface area contributed by atoms with Crippen LogP contribution >= 0.6 is 11.6 Å². The number of hydrogen-bond donors (Lipinski definition) is 0. The van der Waals surface area contributed by atoms with Crippen LogP contribution in [0.25, 0.3) is 0 Å². The van der Waals surface area contributed by atoms with Crippen molar-refractivity contribution < 1.29 is 9.53 Å². The molecular formula is C15H16ClN3O2. The van der Waals surface area contributed by atoms with E-state index in [9.17, 15) is 4.79 Å². The van der Waals surface area contributed by atoms with Crippen LogP contribution in [0.15, 0.2) is 36.4 Å². The molecule has 0 atom stereocenters. The smallest absolute Gasteiger partial charge is 0.274 e. The van der Waals surface area contributed by atoms with Gasteiger partial charge in [-0.2, -0.15) is 0 Å². The summed E-state index contributed by atoms with van der Waals surface area (Å²) in [6.07, 6.45) is 0. The molecule has 0 N–H and O–H groups in total. The first kappa shape index (κ1) is 15.3. The first-order valence-corrected chi connectivity index (χ1v) is 6.94. The molecule has 1 amide bonds. The number of amides is 1. The number of hydrogen-bond acceptors (Lipinski definition) is 4. The standard InChI is InChI=1S/C15H16ClN3O2/c1-3-21-12-6-4-11(5-7-12)10-19(2)15(20)13-8-9-14(16)18-17-13/h4-9H,3,10H2,1-2H3. The Kier molecular flexibility index (Phi) is 5.11. The summed E-state index contributed by atoms with van der Waals surface area (Å²) in [5.74, 6) is 0.617. The van der Waals surface area contributed by atoms with Gasteiger partial charge in [0.15, 0.2) is 10.8 Å². The van der Waals surface area contributed by atoms with Gasteiger partial charge in [0.25, 0.3) is 5.91 Å². The lowest BCUT2D eigenvalue weighted by molar-refractivity contribution is 0.0778. The molecule has 0 unspecified atom stereocenters. The molecule has 2 rings (SSSR count). The molecule has 2 aromatic rings. The average molecular weight is 306 g/mol. The molecule has 0 spiro atoms. The Labute approximate surface area is 128 Å². The van der Waals surface area contributed by atoms with Crippen LogP contribution in [0.2, 0.25) is 5.15 Å². The highest BCUT2D eigenvalue weighted by Crippen LogP contribution is 2.14. The van der Waals surface area contributed by atoms with Crippen molar-refractivity contribution in [2.24, 2.45) is 0 Å². The maximum absolute atomic E-state index is 12.2. The summed E-state index contributed by atoms with van der Waals surface area (Å²) in [6.45, 7) is 3.05. The fourth-order valence-corrected chi connectivity index (χ4v) is 1.93. The second kappa shape index (κ2) is 7.04. The summed E-state index contributed by atoms with van der Waals surface area (Å²) in [6, 6.07) is 10.8. The summed E-state index contributed by atoms with van der Waals surface area (Å²) in [4.78, 5) is 13.8. The van der Waals surface area contributed by atoms with Gasteiger partial charge in [-0.15, -0.1) is 10.2 Å². The van der Waals surface area contributed by atoms with Crippen LogP contribution in [-0.4, -0.2) is 34.7 Å². The highest BCUT2D eigenvalue weighted by Gasteiger charge is 2.14. The van der Waals surface area contributed by atoms with Crippen LogP contribution in [0, 0.1) is 0 Å². The molecule has 0 aliphatic heterocycles. The van der Waals surface area contributed by atoms with E-state index in [1.54, 1.807) is 24.1 Å². The van der Waals surface area contributed by atoms with Gasteiger partial charge >= 0.3 is 0 Å². The van der Waals surface area contributed by atoms with Crippen LogP contribution in [0.3, 0.4) is 0 Å². The monoisotopic (exact) mass is 305 g/mol. The molecule has 6 heteroatoms. The maximum atomic E-state index is 12.2. The van der Waals surface area contributed by atoms with Gasteiger partial charge in [-0.1, -0.05) is 23.7 Å². The first-order valence-electron chi connectivity index (χ1n) is 6.56. The lowest BCUT2D eigenvalue weighted by atomic mass is 10.2. The Morgan fingerprint density at radius 2 is 1.90 bits per heavy atom. The van der Waals surface area contributed by atoms with Crippen molar-refractivity contribution >= 4 is 17.5 Å². The van der Waals surface area contributed by atoms with Crippen molar-refractivity contribution in [2.45, 2.75) is 13.5 Å². The van der Waals surface area contributed by atoms with E-state index in [0.29, 0.717) is 13.2 Å².